The molecule has 2 aromatic carbocycles. The van der Waals surface area contributed by atoms with Crippen LogP contribution in [0.2, 0.25) is 0 Å². The molecule has 4 aromatic rings. The Morgan fingerprint density at radius 1 is 1.10 bits per heavy atom. The number of hydrogen-bond donors (Lipinski definition) is 1. The average molecular weight is 452 g/mol. The van der Waals surface area contributed by atoms with Crippen LogP contribution in [0.25, 0.3) is 5.69 Å². The number of thioether (sulfide) groups is 1. The fraction of sp³-hybridized carbons (Fsp3) is 0.182. The molecule has 0 aliphatic carbocycles. The molecule has 0 radical (unpaired) electrons. The molecule has 4 rings (SSSR count). The quantitative estimate of drug-likeness (QED) is 0.393. The minimum absolute atomic E-state index is 0.139. The molecular weight excluding hydrogens is 430 g/mol. The Morgan fingerprint density at radius 3 is 2.61 bits per heavy atom. The molecule has 0 aliphatic heterocycles. The van der Waals surface area contributed by atoms with Crippen molar-refractivity contribution >= 4 is 34.1 Å². The number of amides is 1. The van der Waals surface area contributed by atoms with Gasteiger partial charge in [-0.1, -0.05) is 48.2 Å². The van der Waals surface area contributed by atoms with E-state index in [2.05, 4.69) is 20.5 Å². The Hall–Kier alpha value is -3.17. The predicted octanol–water partition coefficient (Wildman–Crippen LogP) is 4.65. The Bertz CT molecular complexity index is 1170. The normalized spacial score (nSPS) is 10.8. The average Bonchev–Trinajstić information content (AvgIpc) is 3.38. The number of carbonyl (C=O) groups excluding carboxylic acids is 1. The maximum Gasteiger partial charge on any atom is 0.236 e. The molecule has 31 heavy (non-hydrogen) atoms. The molecule has 0 saturated heterocycles. The summed E-state index contributed by atoms with van der Waals surface area (Å²) in [6.45, 7) is 4.16. The standard InChI is InChI=1S/C22H21N5O2S2/c1-15-8-6-7-11-18(15)29-12-19-25-26-22(27(19)17-9-4-3-5-10-17)31-14-20(28)24-21-23-16(2)13-30-21/h3-11,13H,12,14H2,1-2H3,(H,23,24,28). The zero-order chi connectivity index (χ0) is 21.6. The van der Waals surface area contributed by atoms with E-state index in [-0.39, 0.29) is 18.3 Å². The lowest BCUT2D eigenvalue weighted by atomic mass is 10.2. The third kappa shape index (κ3) is 5.31. The molecule has 0 spiro atoms. The summed E-state index contributed by atoms with van der Waals surface area (Å²) in [5.74, 6) is 1.52. The van der Waals surface area contributed by atoms with Crippen molar-refractivity contribution in [2.75, 3.05) is 11.1 Å². The summed E-state index contributed by atoms with van der Waals surface area (Å²) >= 11 is 2.73. The minimum Gasteiger partial charge on any atom is -0.485 e. The molecule has 7 nitrogen and oxygen atoms in total. The third-order valence-electron chi connectivity index (χ3n) is 4.36. The Balaban J connectivity index is 1.50. The number of hydrogen-bond acceptors (Lipinski definition) is 7. The highest BCUT2D eigenvalue weighted by Gasteiger charge is 2.17. The number of carbonyl (C=O) groups is 1. The fourth-order valence-corrected chi connectivity index (χ4v) is 4.36. The monoisotopic (exact) mass is 451 g/mol. The summed E-state index contributed by atoms with van der Waals surface area (Å²) in [5, 5.41) is 14.6. The van der Waals surface area contributed by atoms with Crippen LogP contribution in [0, 0.1) is 13.8 Å². The van der Waals surface area contributed by atoms with E-state index in [9.17, 15) is 4.79 Å². The lowest BCUT2D eigenvalue weighted by Crippen LogP contribution is -2.14. The zero-order valence-corrected chi connectivity index (χ0v) is 18.7. The smallest absolute Gasteiger partial charge is 0.236 e. The highest BCUT2D eigenvalue weighted by atomic mass is 32.2. The van der Waals surface area contributed by atoms with Crippen LogP contribution in [0.15, 0.2) is 65.1 Å². The molecule has 1 amide bonds. The highest BCUT2D eigenvalue weighted by Crippen LogP contribution is 2.24. The Kier molecular flexibility index (Phi) is 6.63. The van der Waals surface area contributed by atoms with E-state index in [0.717, 1.165) is 22.7 Å². The molecular formula is C22H21N5O2S2. The maximum atomic E-state index is 12.4. The van der Waals surface area contributed by atoms with Gasteiger partial charge in [-0.15, -0.1) is 21.5 Å². The van der Waals surface area contributed by atoms with Gasteiger partial charge in [0, 0.05) is 11.1 Å². The summed E-state index contributed by atoms with van der Waals surface area (Å²) in [7, 11) is 0. The largest absolute Gasteiger partial charge is 0.485 e. The second-order valence-electron chi connectivity index (χ2n) is 6.75. The number of rotatable bonds is 8. The third-order valence-corrected chi connectivity index (χ3v) is 6.17. The Morgan fingerprint density at radius 2 is 1.87 bits per heavy atom. The van der Waals surface area contributed by atoms with Crippen LogP contribution in [0.3, 0.4) is 0 Å². The van der Waals surface area contributed by atoms with Crippen LogP contribution in [0.5, 0.6) is 5.75 Å². The van der Waals surface area contributed by atoms with Crippen molar-refractivity contribution in [1.82, 2.24) is 19.7 Å². The molecule has 0 aliphatic rings. The molecule has 0 unspecified atom stereocenters. The van der Waals surface area contributed by atoms with E-state index in [1.807, 2.05) is 78.4 Å². The van der Waals surface area contributed by atoms with Crippen molar-refractivity contribution in [3.05, 3.63) is 77.1 Å². The molecule has 0 atom stereocenters. The van der Waals surface area contributed by atoms with Gasteiger partial charge in [0.15, 0.2) is 16.1 Å². The van der Waals surface area contributed by atoms with E-state index in [4.69, 9.17) is 4.74 Å². The second kappa shape index (κ2) is 9.76. The van der Waals surface area contributed by atoms with Gasteiger partial charge in [0.05, 0.1) is 11.4 Å². The topological polar surface area (TPSA) is 81.9 Å². The van der Waals surface area contributed by atoms with Gasteiger partial charge in [0.1, 0.15) is 12.4 Å². The summed E-state index contributed by atoms with van der Waals surface area (Å²) in [6, 6.07) is 17.6. The molecule has 1 N–H and O–H groups in total. The van der Waals surface area contributed by atoms with E-state index >= 15 is 0 Å². The maximum absolute atomic E-state index is 12.4. The first kappa shape index (κ1) is 21.1. The highest BCUT2D eigenvalue weighted by molar-refractivity contribution is 7.99. The molecule has 0 saturated carbocycles. The summed E-state index contributed by atoms with van der Waals surface area (Å²) in [5.41, 5.74) is 2.85. The van der Waals surface area contributed by atoms with Gasteiger partial charge in [-0.3, -0.25) is 9.36 Å². The van der Waals surface area contributed by atoms with Crippen LogP contribution in [0.1, 0.15) is 17.1 Å². The van der Waals surface area contributed by atoms with Gasteiger partial charge >= 0.3 is 0 Å². The Labute approximate surface area is 188 Å². The van der Waals surface area contributed by atoms with Crippen molar-refractivity contribution in [3.8, 4) is 11.4 Å². The van der Waals surface area contributed by atoms with Crippen LogP contribution in [-0.2, 0) is 11.4 Å². The van der Waals surface area contributed by atoms with E-state index in [0.29, 0.717) is 16.1 Å². The number of thiazole rings is 1. The number of nitrogens with zero attached hydrogens (tertiary/aromatic N) is 4. The zero-order valence-electron chi connectivity index (χ0n) is 17.1. The first-order valence-corrected chi connectivity index (χ1v) is 11.5. The van der Waals surface area contributed by atoms with E-state index < -0.39 is 0 Å². The molecule has 0 bridgehead atoms. The van der Waals surface area contributed by atoms with Gasteiger partial charge in [-0.25, -0.2) is 4.98 Å². The van der Waals surface area contributed by atoms with E-state index in [1.165, 1.54) is 23.1 Å². The molecule has 2 heterocycles. The predicted molar refractivity (Wildman–Crippen MR) is 123 cm³/mol. The lowest BCUT2D eigenvalue weighted by molar-refractivity contribution is -0.113. The summed E-state index contributed by atoms with van der Waals surface area (Å²) < 4.78 is 7.91. The number of aryl methyl sites for hydroxylation is 2. The van der Waals surface area contributed by atoms with Crippen LogP contribution in [0.4, 0.5) is 5.13 Å². The fourth-order valence-electron chi connectivity index (χ4n) is 2.88. The lowest BCUT2D eigenvalue weighted by Gasteiger charge is -2.12. The first-order valence-electron chi connectivity index (χ1n) is 9.63. The van der Waals surface area contributed by atoms with Gasteiger partial charge < -0.3 is 10.1 Å². The van der Waals surface area contributed by atoms with Crippen LogP contribution >= 0.6 is 23.1 Å². The number of benzene rings is 2. The number of ether oxygens (including phenoxy) is 1. The number of nitrogens with one attached hydrogen (secondary N) is 1. The number of para-hydroxylation sites is 2. The van der Waals surface area contributed by atoms with Gasteiger partial charge in [0.25, 0.3) is 0 Å². The van der Waals surface area contributed by atoms with E-state index in [1.54, 1.807) is 0 Å². The van der Waals surface area contributed by atoms with Gasteiger partial charge in [0.2, 0.25) is 5.91 Å². The van der Waals surface area contributed by atoms with Gasteiger partial charge in [-0.05, 0) is 37.6 Å². The summed E-state index contributed by atoms with van der Waals surface area (Å²) in [6.07, 6.45) is 0. The van der Waals surface area contributed by atoms with Crippen molar-refractivity contribution < 1.29 is 9.53 Å². The minimum atomic E-state index is -0.139. The van der Waals surface area contributed by atoms with Crippen LogP contribution < -0.4 is 10.1 Å². The molecule has 2 aromatic heterocycles. The molecule has 158 valence electrons. The molecule has 9 heteroatoms. The van der Waals surface area contributed by atoms with Crippen molar-refractivity contribution in [2.24, 2.45) is 0 Å². The van der Waals surface area contributed by atoms with Crippen LogP contribution in [-0.4, -0.2) is 31.4 Å². The SMILES string of the molecule is Cc1csc(NC(=O)CSc2nnc(COc3ccccc3C)n2-c2ccccc2)n1. The first-order chi connectivity index (χ1) is 15.1. The molecule has 0 fully saturated rings. The number of aromatic nitrogens is 4. The van der Waals surface area contributed by atoms with Gasteiger partial charge in [-0.2, -0.15) is 0 Å². The number of anilines is 1. The van der Waals surface area contributed by atoms with Crippen molar-refractivity contribution in [2.45, 2.75) is 25.6 Å². The van der Waals surface area contributed by atoms with Crippen molar-refractivity contribution in [3.63, 3.8) is 0 Å². The second-order valence-corrected chi connectivity index (χ2v) is 8.56. The summed E-state index contributed by atoms with van der Waals surface area (Å²) in [4.78, 5) is 16.6. The van der Waals surface area contributed by atoms with Crippen molar-refractivity contribution in [1.29, 1.82) is 0 Å².